The Morgan fingerprint density at radius 2 is 1.93 bits per heavy atom. The molecular weight excluding hydrogens is 207 g/mol. The summed E-state index contributed by atoms with van der Waals surface area (Å²) in [4.78, 5) is 10.3. The van der Waals surface area contributed by atoms with E-state index in [0.717, 1.165) is 6.07 Å². The fourth-order valence-electron chi connectivity index (χ4n) is 1.47. The molecule has 0 bridgehead atoms. The fourth-order valence-corrected chi connectivity index (χ4v) is 1.47. The Hall–Kier alpha value is -1.39. The zero-order chi connectivity index (χ0) is 11.6. The molecule has 15 heavy (non-hydrogen) atoms. The summed E-state index contributed by atoms with van der Waals surface area (Å²) in [5, 5.41) is 2.73. The van der Waals surface area contributed by atoms with Gasteiger partial charge in [-0.2, -0.15) is 18.1 Å². The van der Waals surface area contributed by atoms with Crippen LogP contribution in [-0.2, 0) is 6.18 Å². The van der Waals surface area contributed by atoms with E-state index in [-0.39, 0.29) is 5.56 Å². The van der Waals surface area contributed by atoms with E-state index in [0.29, 0.717) is 5.56 Å². The zero-order valence-corrected chi connectivity index (χ0v) is 8.30. The van der Waals surface area contributed by atoms with Crippen molar-refractivity contribution >= 4 is 0 Å². The molecule has 0 heterocycles. The van der Waals surface area contributed by atoms with Gasteiger partial charge in [0.05, 0.1) is 5.56 Å². The summed E-state index contributed by atoms with van der Waals surface area (Å²) in [5.41, 5.74) is -0.326. The van der Waals surface area contributed by atoms with E-state index in [4.69, 9.17) is 0 Å². The van der Waals surface area contributed by atoms with Crippen LogP contribution in [0.3, 0.4) is 0 Å². The third-order valence-corrected chi connectivity index (χ3v) is 2.29. The SMILES string of the molecule is Cc1c(C(C)N=O)cccc1C(F)(F)F. The molecule has 82 valence electrons. The third-order valence-electron chi connectivity index (χ3n) is 2.29. The van der Waals surface area contributed by atoms with Gasteiger partial charge in [0.15, 0.2) is 0 Å². The molecule has 0 aliphatic rings. The second-order valence-corrected chi connectivity index (χ2v) is 3.30. The largest absolute Gasteiger partial charge is 0.416 e. The zero-order valence-electron chi connectivity index (χ0n) is 8.30. The predicted octanol–water partition coefficient (Wildman–Crippen LogP) is 3.84. The number of alkyl halides is 3. The molecule has 1 rings (SSSR count). The molecule has 1 aromatic carbocycles. The van der Waals surface area contributed by atoms with E-state index in [9.17, 15) is 18.1 Å². The van der Waals surface area contributed by atoms with Crippen molar-refractivity contribution in [1.29, 1.82) is 0 Å². The monoisotopic (exact) mass is 217 g/mol. The summed E-state index contributed by atoms with van der Waals surface area (Å²) in [7, 11) is 0. The van der Waals surface area contributed by atoms with Crippen LogP contribution in [0.25, 0.3) is 0 Å². The molecule has 5 heteroatoms. The van der Waals surface area contributed by atoms with Crippen LogP contribution in [0.2, 0.25) is 0 Å². The van der Waals surface area contributed by atoms with Gasteiger partial charge < -0.3 is 0 Å². The van der Waals surface area contributed by atoms with Crippen molar-refractivity contribution in [3.05, 3.63) is 39.8 Å². The van der Waals surface area contributed by atoms with Crippen LogP contribution in [0.4, 0.5) is 13.2 Å². The van der Waals surface area contributed by atoms with Crippen molar-refractivity contribution < 1.29 is 13.2 Å². The minimum atomic E-state index is -4.39. The molecule has 0 N–H and O–H groups in total. The van der Waals surface area contributed by atoms with E-state index in [1.165, 1.54) is 26.0 Å². The molecule has 0 saturated heterocycles. The normalized spacial score (nSPS) is 13.7. The highest BCUT2D eigenvalue weighted by atomic mass is 19.4. The number of benzene rings is 1. The highest BCUT2D eigenvalue weighted by molar-refractivity contribution is 5.37. The molecule has 0 fully saturated rings. The summed E-state index contributed by atoms with van der Waals surface area (Å²) in [6.45, 7) is 2.81. The maximum absolute atomic E-state index is 12.5. The van der Waals surface area contributed by atoms with Crippen molar-refractivity contribution in [1.82, 2.24) is 0 Å². The fraction of sp³-hybridized carbons (Fsp3) is 0.400. The van der Waals surface area contributed by atoms with Crippen LogP contribution in [0.15, 0.2) is 23.4 Å². The van der Waals surface area contributed by atoms with Gasteiger partial charge in [-0.15, -0.1) is 0 Å². The van der Waals surface area contributed by atoms with Gasteiger partial charge in [0.1, 0.15) is 6.04 Å². The maximum Gasteiger partial charge on any atom is 0.416 e. The average molecular weight is 217 g/mol. The molecule has 2 nitrogen and oxygen atoms in total. The summed E-state index contributed by atoms with van der Waals surface area (Å²) >= 11 is 0. The average Bonchev–Trinajstić information content (AvgIpc) is 2.15. The highest BCUT2D eigenvalue weighted by Crippen LogP contribution is 2.34. The van der Waals surface area contributed by atoms with Crippen LogP contribution in [-0.4, -0.2) is 0 Å². The van der Waals surface area contributed by atoms with Gasteiger partial charge in [-0.1, -0.05) is 17.3 Å². The van der Waals surface area contributed by atoms with Gasteiger partial charge in [0, 0.05) is 0 Å². The maximum atomic E-state index is 12.5. The van der Waals surface area contributed by atoms with Crippen LogP contribution < -0.4 is 0 Å². The van der Waals surface area contributed by atoms with Crippen molar-refractivity contribution in [3.8, 4) is 0 Å². The lowest BCUT2D eigenvalue weighted by molar-refractivity contribution is -0.138. The van der Waals surface area contributed by atoms with Crippen molar-refractivity contribution in [2.45, 2.75) is 26.1 Å². The Bertz CT molecular complexity index is 373. The number of nitrogens with zero attached hydrogens (tertiary/aromatic N) is 1. The molecule has 0 radical (unpaired) electrons. The lowest BCUT2D eigenvalue weighted by Crippen LogP contribution is -2.09. The quantitative estimate of drug-likeness (QED) is 0.692. The summed E-state index contributed by atoms with van der Waals surface area (Å²) in [6, 6.07) is 3.01. The first-order chi connectivity index (χ1) is 6.88. The van der Waals surface area contributed by atoms with Gasteiger partial charge in [-0.05, 0) is 31.0 Å². The summed E-state index contributed by atoms with van der Waals surface area (Å²) < 4.78 is 37.5. The molecule has 0 aromatic heterocycles. The molecule has 0 aliphatic heterocycles. The Kier molecular flexibility index (Phi) is 3.12. The second kappa shape index (κ2) is 4.00. The Morgan fingerprint density at radius 1 is 1.33 bits per heavy atom. The van der Waals surface area contributed by atoms with Crippen molar-refractivity contribution in [3.63, 3.8) is 0 Å². The lowest BCUT2D eigenvalue weighted by Gasteiger charge is -2.14. The molecule has 1 unspecified atom stereocenters. The Balaban J connectivity index is 3.29. The number of nitroso groups, excluding NO2 is 1. The van der Waals surface area contributed by atoms with E-state index < -0.39 is 17.8 Å². The molecule has 0 spiro atoms. The van der Waals surface area contributed by atoms with Crippen LogP contribution in [0.5, 0.6) is 0 Å². The van der Waals surface area contributed by atoms with E-state index >= 15 is 0 Å². The van der Waals surface area contributed by atoms with Crippen molar-refractivity contribution in [2.24, 2.45) is 5.18 Å². The molecule has 1 aromatic rings. The molecule has 0 aliphatic carbocycles. The van der Waals surface area contributed by atoms with Gasteiger partial charge in [-0.25, -0.2) is 0 Å². The van der Waals surface area contributed by atoms with Crippen LogP contribution in [0.1, 0.15) is 29.7 Å². The smallest absolute Gasteiger partial charge is 0.166 e. The predicted molar refractivity (Wildman–Crippen MR) is 50.4 cm³/mol. The minimum Gasteiger partial charge on any atom is -0.166 e. The minimum absolute atomic E-state index is 0.0668. The topological polar surface area (TPSA) is 29.4 Å². The van der Waals surface area contributed by atoms with E-state index in [2.05, 4.69) is 5.18 Å². The first kappa shape index (κ1) is 11.7. The Morgan fingerprint density at radius 3 is 2.40 bits per heavy atom. The van der Waals surface area contributed by atoms with E-state index in [1.54, 1.807) is 0 Å². The molecular formula is C10H10F3NO. The number of halogens is 3. The number of rotatable bonds is 2. The lowest BCUT2D eigenvalue weighted by atomic mass is 9.98. The van der Waals surface area contributed by atoms with Gasteiger partial charge in [-0.3, -0.25) is 0 Å². The number of hydrogen-bond donors (Lipinski definition) is 0. The first-order valence-corrected chi connectivity index (χ1v) is 4.37. The Labute approximate surface area is 85.1 Å². The molecule has 0 saturated carbocycles. The van der Waals surface area contributed by atoms with Gasteiger partial charge >= 0.3 is 6.18 Å². The number of hydrogen-bond acceptors (Lipinski definition) is 2. The van der Waals surface area contributed by atoms with Crippen LogP contribution in [0, 0.1) is 11.8 Å². The van der Waals surface area contributed by atoms with E-state index in [1.807, 2.05) is 0 Å². The van der Waals surface area contributed by atoms with Gasteiger partial charge in [0.2, 0.25) is 0 Å². The summed E-state index contributed by atoms with van der Waals surface area (Å²) in [6.07, 6.45) is -4.39. The molecule has 1 atom stereocenters. The highest BCUT2D eigenvalue weighted by Gasteiger charge is 2.33. The molecule has 0 amide bonds. The summed E-state index contributed by atoms with van der Waals surface area (Å²) in [5.74, 6) is 0. The van der Waals surface area contributed by atoms with Crippen LogP contribution >= 0.6 is 0 Å². The van der Waals surface area contributed by atoms with Crippen molar-refractivity contribution in [2.75, 3.05) is 0 Å². The third kappa shape index (κ3) is 2.34. The first-order valence-electron chi connectivity index (χ1n) is 4.37. The standard InChI is InChI=1S/C10H10F3NO/c1-6-8(7(2)14-15)4-3-5-9(6)10(11,12)13/h3-5,7H,1-2H3. The second-order valence-electron chi connectivity index (χ2n) is 3.30. The van der Waals surface area contributed by atoms with Gasteiger partial charge in [0.25, 0.3) is 0 Å².